The predicted octanol–water partition coefficient (Wildman–Crippen LogP) is 3.55. The van der Waals surface area contributed by atoms with Crippen molar-refractivity contribution in [3.05, 3.63) is 36.4 Å². The summed E-state index contributed by atoms with van der Waals surface area (Å²) in [4.78, 5) is 0. The van der Waals surface area contributed by atoms with Crippen molar-refractivity contribution in [2.75, 3.05) is 23.8 Å². The van der Waals surface area contributed by atoms with Gasteiger partial charge in [0.2, 0.25) is 0 Å². The molecule has 0 atom stereocenters. The summed E-state index contributed by atoms with van der Waals surface area (Å²) >= 11 is 1.89. The highest BCUT2D eigenvalue weighted by atomic mass is 32.2. The third-order valence-corrected chi connectivity index (χ3v) is 3.47. The Morgan fingerprint density at radius 2 is 1.88 bits per heavy atom. The molecule has 0 heterocycles. The molecule has 0 spiro atoms. The van der Waals surface area contributed by atoms with Gasteiger partial charge in [0.05, 0.1) is 6.61 Å². The molecule has 2 aromatic rings. The van der Waals surface area contributed by atoms with E-state index in [1.54, 1.807) is 0 Å². The average molecular weight is 247 g/mol. The van der Waals surface area contributed by atoms with Gasteiger partial charge in [-0.05, 0) is 17.9 Å². The third-order valence-electron chi connectivity index (χ3n) is 2.61. The first-order valence-electron chi connectivity index (χ1n) is 5.80. The van der Waals surface area contributed by atoms with E-state index >= 15 is 0 Å². The molecule has 0 saturated carbocycles. The lowest BCUT2D eigenvalue weighted by atomic mass is 10.1. The van der Waals surface area contributed by atoms with Crippen molar-refractivity contribution in [1.82, 2.24) is 0 Å². The molecule has 2 N–H and O–H groups in total. The second kappa shape index (κ2) is 5.82. The van der Waals surface area contributed by atoms with Gasteiger partial charge >= 0.3 is 0 Å². The van der Waals surface area contributed by atoms with E-state index < -0.39 is 0 Å². The molecule has 17 heavy (non-hydrogen) atoms. The molecular weight excluding hydrogens is 230 g/mol. The van der Waals surface area contributed by atoms with Crippen molar-refractivity contribution < 1.29 is 4.74 Å². The first kappa shape index (κ1) is 12.1. The molecule has 90 valence electrons. The summed E-state index contributed by atoms with van der Waals surface area (Å²) in [6, 6.07) is 11.9. The number of nitrogens with two attached hydrogens (primary N) is 1. The SMILES string of the molecule is CCSCCOc1ccc(N)c2ccccc12. The summed E-state index contributed by atoms with van der Waals surface area (Å²) in [6.45, 7) is 2.90. The zero-order valence-electron chi connectivity index (χ0n) is 9.98. The third kappa shape index (κ3) is 2.86. The molecule has 0 amide bonds. The van der Waals surface area contributed by atoms with Crippen LogP contribution in [0, 0.1) is 0 Å². The van der Waals surface area contributed by atoms with Gasteiger partial charge in [0.1, 0.15) is 5.75 Å². The summed E-state index contributed by atoms with van der Waals surface area (Å²) in [5.41, 5.74) is 6.74. The number of hydrogen-bond donors (Lipinski definition) is 1. The predicted molar refractivity (Wildman–Crippen MR) is 76.9 cm³/mol. The topological polar surface area (TPSA) is 35.2 Å². The molecule has 3 heteroatoms. The van der Waals surface area contributed by atoms with E-state index in [1.807, 2.05) is 48.2 Å². The fourth-order valence-electron chi connectivity index (χ4n) is 1.78. The number of fused-ring (bicyclic) bond motifs is 1. The van der Waals surface area contributed by atoms with E-state index in [2.05, 4.69) is 6.92 Å². The van der Waals surface area contributed by atoms with Gasteiger partial charge in [-0.1, -0.05) is 31.2 Å². The van der Waals surface area contributed by atoms with Crippen LogP contribution in [0.25, 0.3) is 10.8 Å². The van der Waals surface area contributed by atoms with Crippen LogP contribution < -0.4 is 10.5 Å². The van der Waals surface area contributed by atoms with E-state index in [0.717, 1.165) is 40.3 Å². The van der Waals surface area contributed by atoms with Crippen LogP contribution in [0.2, 0.25) is 0 Å². The fraction of sp³-hybridized carbons (Fsp3) is 0.286. The Bertz CT molecular complexity index is 499. The maximum atomic E-state index is 5.94. The first-order valence-corrected chi connectivity index (χ1v) is 6.96. The highest BCUT2D eigenvalue weighted by Gasteiger charge is 2.03. The minimum atomic E-state index is 0.742. The Hall–Kier alpha value is -1.35. The summed E-state index contributed by atoms with van der Waals surface area (Å²) in [7, 11) is 0. The van der Waals surface area contributed by atoms with Crippen LogP contribution in [0.4, 0.5) is 5.69 Å². The van der Waals surface area contributed by atoms with Crippen molar-refractivity contribution in [2.45, 2.75) is 6.92 Å². The number of nitrogen functional groups attached to an aromatic ring is 1. The number of benzene rings is 2. The number of hydrogen-bond acceptors (Lipinski definition) is 3. The van der Waals surface area contributed by atoms with Gasteiger partial charge in [0.15, 0.2) is 0 Å². The highest BCUT2D eigenvalue weighted by Crippen LogP contribution is 2.29. The normalized spacial score (nSPS) is 10.6. The Morgan fingerprint density at radius 3 is 2.65 bits per heavy atom. The van der Waals surface area contributed by atoms with Crippen LogP contribution in [-0.2, 0) is 0 Å². The smallest absolute Gasteiger partial charge is 0.127 e. The Kier molecular flexibility index (Phi) is 4.15. The fourth-order valence-corrected chi connectivity index (χ4v) is 2.27. The monoisotopic (exact) mass is 247 g/mol. The average Bonchev–Trinajstić information content (AvgIpc) is 2.37. The van der Waals surface area contributed by atoms with E-state index in [-0.39, 0.29) is 0 Å². The van der Waals surface area contributed by atoms with Crippen molar-refractivity contribution in [3.8, 4) is 5.75 Å². The zero-order valence-corrected chi connectivity index (χ0v) is 10.8. The van der Waals surface area contributed by atoms with E-state index in [1.165, 1.54) is 0 Å². The number of thioether (sulfide) groups is 1. The lowest BCUT2D eigenvalue weighted by Gasteiger charge is -2.10. The number of rotatable bonds is 5. The van der Waals surface area contributed by atoms with Crippen molar-refractivity contribution in [2.24, 2.45) is 0 Å². The minimum absolute atomic E-state index is 0.742. The van der Waals surface area contributed by atoms with Gasteiger partial charge < -0.3 is 10.5 Å². The standard InChI is InChI=1S/C14H17NOS/c1-2-17-10-9-16-14-8-7-13(15)11-5-3-4-6-12(11)14/h3-8H,2,9-10,15H2,1H3. The van der Waals surface area contributed by atoms with Crippen LogP contribution in [-0.4, -0.2) is 18.1 Å². The van der Waals surface area contributed by atoms with E-state index in [4.69, 9.17) is 10.5 Å². The van der Waals surface area contributed by atoms with Crippen molar-refractivity contribution in [3.63, 3.8) is 0 Å². The molecule has 0 unspecified atom stereocenters. The summed E-state index contributed by atoms with van der Waals surface area (Å²) in [5, 5.41) is 2.15. The molecule has 0 aromatic heterocycles. The molecule has 2 aromatic carbocycles. The second-order valence-corrected chi connectivity index (χ2v) is 5.14. The maximum Gasteiger partial charge on any atom is 0.127 e. The first-order chi connectivity index (χ1) is 8.33. The lowest BCUT2D eigenvalue weighted by Crippen LogP contribution is -2.01. The quantitative estimate of drug-likeness (QED) is 0.648. The Balaban J connectivity index is 2.20. The number of ether oxygens (including phenoxy) is 1. The van der Waals surface area contributed by atoms with Gasteiger partial charge in [-0.15, -0.1) is 0 Å². The van der Waals surface area contributed by atoms with Crippen LogP contribution in [0.1, 0.15) is 6.92 Å². The Morgan fingerprint density at radius 1 is 1.12 bits per heavy atom. The van der Waals surface area contributed by atoms with Crippen molar-refractivity contribution >= 4 is 28.2 Å². The number of anilines is 1. The second-order valence-electron chi connectivity index (χ2n) is 3.74. The largest absolute Gasteiger partial charge is 0.492 e. The highest BCUT2D eigenvalue weighted by molar-refractivity contribution is 7.99. The van der Waals surface area contributed by atoms with Crippen molar-refractivity contribution in [1.29, 1.82) is 0 Å². The van der Waals surface area contributed by atoms with Crippen LogP contribution >= 0.6 is 11.8 Å². The Labute approximate surface area is 106 Å². The maximum absolute atomic E-state index is 5.94. The molecule has 0 saturated heterocycles. The molecule has 2 nitrogen and oxygen atoms in total. The van der Waals surface area contributed by atoms with Crippen LogP contribution in [0.5, 0.6) is 5.75 Å². The summed E-state index contributed by atoms with van der Waals surface area (Å²) in [6.07, 6.45) is 0. The lowest BCUT2D eigenvalue weighted by molar-refractivity contribution is 0.348. The van der Waals surface area contributed by atoms with Gasteiger partial charge in [-0.3, -0.25) is 0 Å². The minimum Gasteiger partial charge on any atom is -0.492 e. The van der Waals surface area contributed by atoms with Crippen LogP contribution in [0.3, 0.4) is 0 Å². The van der Waals surface area contributed by atoms with Gasteiger partial charge in [0.25, 0.3) is 0 Å². The molecule has 2 rings (SSSR count). The molecule has 0 aliphatic rings. The molecule has 0 aliphatic carbocycles. The summed E-state index contributed by atoms with van der Waals surface area (Å²) < 4.78 is 5.80. The van der Waals surface area contributed by atoms with E-state index in [0.29, 0.717) is 0 Å². The molecular formula is C14H17NOS. The van der Waals surface area contributed by atoms with E-state index in [9.17, 15) is 0 Å². The van der Waals surface area contributed by atoms with Gasteiger partial charge in [0, 0.05) is 22.2 Å². The van der Waals surface area contributed by atoms with Gasteiger partial charge in [-0.2, -0.15) is 11.8 Å². The van der Waals surface area contributed by atoms with Crippen LogP contribution in [0.15, 0.2) is 36.4 Å². The zero-order chi connectivity index (χ0) is 12.1. The molecule has 0 aliphatic heterocycles. The van der Waals surface area contributed by atoms with Gasteiger partial charge in [-0.25, -0.2) is 0 Å². The molecule has 0 fully saturated rings. The summed E-state index contributed by atoms with van der Waals surface area (Å²) in [5.74, 6) is 3.08. The molecule has 0 radical (unpaired) electrons. The molecule has 0 bridgehead atoms.